The number of thiophene rings is 1. The van der Waals surface area contributed by atoms with Gasteiger partial charge in [-0.3, -0.25) is 9.59 Å². The first-order valence-corrected chi connectivity index (χ1v) is 12.2. The largest absolute Gasteiger partial charge is 0.497 e. The predicted molar refractivity (Wildman–Crippen MR) is 142 cm³/mol. The minimum Gasteiger partial charge on any atom is -0.497 e. The van der Waals surface area contributed by atoms with Crippen molar-refractivity contribution in [1.82, 2.24) is 4.57 Å². The van der Waals surface area contributed by atoms with Gasteiger partial charge in [0.25, 0.3) is 5.91 Å². The van der Waals surface area contributed by atoms with Crippen molar-refractivity contribution in [1.29, 1.82) is 0 Å². The van der Waals surface area contributed by atoms with Gasteiger partial charge in [-0.25, -0.2) is 4.79 Å². The number of esters is 1. The number of amides is 1. The molecule has 10 heteroatoms. The van der Waals surface area contributed by atoms with Gasteiger partial charge >= 0.3 is 5.97 Å². The average molecular weight is 523 g/mol. The van der Waals surface area contributed by atoms with Gasteiger partial charge in [0.2, 0.25) is 5.43 Å². The van der Waals surface area contributed by atoms with Crippen LogP contribution in [0.15, 0.2) is 58.8 Å². The molecule has 0 aliphatic heterocycles. The van der Waals surface area contributed by atoms with E-state index < -0.39 is 17.3 Å². The Morgan fingerprint density at radius 3 is 2.22 bits per heavy atom. The number of ether oxygens (including phenoxy) is 4. The molecule has 0 atom stereocenters. The van der Waals surface area contributed by atoms with Crippen LogP contribution in [0.2, 0.25) is 0 Å². The number of benzene rings is 2. The lowest BCUT2D eigenvalue weighted by Crippen LogP contribution is -2.35. The third-order valence-corrected chi connectivity index (χ3v) is 6.84. The minimum atomic E-state index is -0.553. The molecular formula is C27H26N2O7S. The fourth-order valence-electron chi connectivity index (χ4n) is 4.09. The van der Waals surface area contributed by atoms with E-state index in [1.54, 1.807) is 54.3 Å². The second-order valence-corrected chi connectivity index (χ2v) is 8.76. The van der Waals surface area contributed by atoms with Gasteiger partial charge in [0.15, 0.2) is 11.5 Å². The van der Waals surface area contributed by atoms with Crippen molar-refractivity contribution in [3.05, 3.63) is 74.7 Å². The van der Waals surface area contributed by atoms with Crippen molar-refractivity contribution >= 4 is 39.8 Å². The van der Waals surface area contributed by atoms with Crippen LogP contribution in [0.3, 0.4) is 0 Å². The van der Waals surface area contributed by atoms with E-state index in [0.29, 0.717) is 34.1 Å². The molecule has 0 bridgehead atoms. The van der Waals surface area contributed by atoms with E-state index in [4.69, 9.17) is 18.9 Å². The van der Waals surface area contributed by atoms with Crippen LogP contribution in [0.1, 0.15) is 27.0 Å². The summed E-state index contributed by atoms with van der Waals surface area (Å²) in [4.78, 5) is 41.5. The highest BCUT2D eigenvalue weighted by atomic mass is 32.1. The summed E-state index contributed by atoms with van der Waals surface area (Å²) < 4.78 is 22.8. The number of aromatic nitrogens is 1. The molecule has 0 spiro atoms. The molecule has 0 saturated carbocycles. The molecular weight excluding hydrogens is 496 g/mol. The highest BCUT2D eigenvalue weighted by Crippen LogP contribution is 2.33. The van der Waals surface area contributed by atoms with Crippen LogP contribution in [0.25, 0.3) is 16.6 Å². The SMILES string of the molecule is CCN(C(=O)c1cn(-c2ccc(OC)cc2)c2cc(OC)c(OC)cc2c1=O)c1ccsc1C(=O)OC. The monoisotopic (exact) mass is 522 g/mol. The van der Waals surface area contributed by atoms with E-state index in [-0.39, 0.29) is 22.4 Å². The van der Waals surface area contributed by atoms with Gasteiger partial charge in [0.05, 0.1) is 45.0 Å². The lowest BCUT2D eigenvalue weighted by atomic mass is 10.1. The van der Waals surface area contributed by atoms with Crippen molar-refractivity contribution in [2.45, 2.75) is 6.92 Å². The van der Waals surface area contributed by atoms with Crippen LogP contribution in [-0.2, 0) is 4.74 Å². The smallest absolute Gasteiger partial charge is 0.350 e. The van der Waals surface area contributed by atoms with Gasteiger partial charge < -0.3 is 28.4 Å². The zero-order valence-corrected chi connectivity index (χ0v) is 21.9. The van der Waals surface area contributed by atoms with Crippen LogP contribution < -0.4 is 24.5 Å². The van der Waals surface area contributed by atoms with Gasteiger partial charge in [-0.1, -0.05) is 0 Å². The first-order valence-electron chi connectivity index (χ1n) is 11.3. The highest BCUT2D eigenvalue weighted by molar-refractivity contribution is 7.12. The fourth-order valence-corrected chi connectivity index (χ4v) is 4.90. The number of anilines is 1. The number of hydrogen-bond acceptors (Lipinski definition) is 8. The van der Waals surface area contributed by atoms with Crippen molar-refractivity contribution in [2.24, 2.45) is 0 Å². The summed E-state index contributed by atoms with van der Waals surface area (Å²) in [6, 6.07) is 12.1. The zero-order chi connectivity index (χ0) is 26.7. The third-order valence-electron chi connectivity index (χ3n) is 5.96. The summed E-state index contributed by atoms with van der Waals surface area (Å²) in [5.74, 6) is 0.356. The molecule has 0 saturated heterocycles. The molecule has 0 N–H and O–H groups in total. The van der Waals surface area contributed by atoms with E-state index in [2.05, 4.69) is 0 Å². The quantitative estimate of drug-likeness (QED) is 0.314. The Hall–Kier alpha value is -4.31. The number of methoxy groups -OCH3 is 4. The van der Waals surface area contributed by atoms with Crippen LogP contribution in [0, 0.1) is 0 Å². The Kier molecular flexibility index (Phi) is 7.49. The summed E-state index contributed by atoms with van der Waals surface area (Å²) in [6.45, 7) is 2.00. The number of nitrogens with zero attached hydrogens (tertiary/aromatic N) is 2. The molecule has 0 fully saturated rings. The summed E-state index contributed by atoms with van der Waals surface area (Å²) in [5, 5.41) is 1.97. The van der Waals surface area contributed by atoms with E-state index in [0.717, 1.165) is 11.3 Å². The molecule has 0 aliphatic carbocycles. The molecule has 2 heterocycles. The van der Waals surface area contributed by atoms with Crippen molar-refractivity contribution in [3.63, 3.8) is 0 Å². The van der Waals surface area contributed by atoms with Gasteiger partial charge in [-0.05, 0) is 48.7 Å². The molecule has 37 heavy (non-hydrogen) atoms. The number of rotatable bonds is 8. The third kappa shape index (κ3) is 4.63. The molecule has 2 aromatic heterocycles. The van der Waals surface area contributed by atoms with E-state index in [1.165, 1.54) is 32.4 Å². The van der Waals surface area contributed by atoms with Crippen LogP contribution in [0.4, 0.5) is 5.69 Å². The molecule has 0 radical (unpaired) electrons. The standard InChI is InChI=1S/C27H26N2O7S/c1-6-28(20-11-12-37-25(20)27(32)36-5)26(31)19-15-29(16-7-9-17(33-2)10-8-16)21-14-23(35-4)22(34-3)13-18(21)24(19)30/h7-15H,6H2,1-5H3. The van der Waals surface area contributed by atoms with Gasteiger partial charge in [0, 0.05) is 24.5 Å². The lowest BCUT2D eigenvalue weighted by Gasteiger charge is -2.22. The summed E-state index contributed by atoms with van der Waals surface area (Å²) in [6.07, 6.45) is 1.51. The molecule has 1 amide bonds. The maximum atomic E-state index is 13.9. The Bertz CT molecular complexity index is 1520. The summed E-state index contributed by atoms with van der Waals surface area (Å²) in [7, 11) is 5.84. The van der Waals surface area contributed by atoms with Gasteiger partial charge in [-0.15, -0.1) is 11.3 Å². The first kappa shape index (κ1) is 25.8. The molecule has 2 aromatic carbocycles. The second-order valence-electron chi connectivity index (χ2n) is 7.84. The van der Waals surface area contributed by atoms with Crippen LogP contribution in [-0.4, -0.2) is 51.4 Å². The maximum absolute atomic E-state index is 13.9. The maximum Gasteiger partial charge on any atom is 0.350 e. The topological polar surface area (TPSA) is 96.3 Å². The Morgan fingerprint density at radius 1 is 0.946 bits per heavy atom. The molecule has 0 aliphatic rings. The summed E-state index contributed by atoms with van der Waals surface area (Å²) >= 11 is 1.16. The van der Waals surface area contributed by atoms with Crippen LogP contribution in [0.5, 0.6) is 17.2 Å². The van der Waals surface area contributed by atoms with Gasteiger partial charge in [-0.2, -0.15) is 0 Å². The predicted octanol–water partition coefficient (Wildman–Crippen LogP) is 4.53. The second kappa shape index (κ2) is 10.8. The minimum absolute atomic E-state index is 0.0700. The van der Waals surface area contributed by atoms with Crippen molar-refractivity contribution in [3.8, 4) is 22.9 Å². The molecule has 192 valence electrons. The number of hydrogen-bond donors (Lipinski definition) is 0. The Balaban J connectivity index is 1.98. The highest BCUT2D eigenvalue weighted by Gasteiger charge is 2.27. The van der Waals surface area contributed by atoms with Gasteiger partial charge in [0.1, 0.15) is 16.2 Å². The average Bonchev–Trinajstić information content (AvgIpc) is 3.42. The first-order chi connectivity index (χ1) is 17.9. The zero-order valence-electron chi connectivity index (χ0n) is 21.1. The number of fused-ring (bicyclic) bond motifs is 1. The molecule has 9 nitrogen and oxygen atoms in total. The van der Waals surface area contributed by atoms with Crippen molar-refractivity contribution in [2.75, 3.05) is 39.9 Å². The molecule has 0 unspecified atom stereocenters. The lowest BCUT2D eigenvalue weighted by molar-refractivity contribution is 0.0607. The molecule has 4 rings (SSSR count). The van der Waals surface area contributed by atoms with Crippen molar-refractivity contribution < 1.29 is 28.5 Å². The normalized spacial score (nSPS) is 10.7. The fraction of sp³-hybridized carbons (Fsp3) is 0.222. The number of carbonyl (C=O) groups excluding carboxylic acids is 2. The van der Waals surface area contributed by atoms with E-state index >= 15 is 0 Å². The van der Waals surface area contributed by atoms with Crippen LogP contribution >= 0.6 is 11.3 Å². The number of carbonyl (C=O) groups is 2. The van der Waals surface area contributed by atoms with E-state index in [9.17, 15) is 14.4 Å². The van der Waals surface area contributed by atoms with E-state index in [1.807, 2.05) is 12.1 Å². The molecule has 4 aromatic rings. The Morgan fingerprint density at radius 2 is 1.62 bits per heavy atom. The Labute approximate surface area is 217 Å². The number of pyridine rings is 1. The summed E-state index contributed by atoms with van der Waals surface area (Å²) in [5.41, 5.74) is 1.06.